The highest BCUT2D eigenvalue weighted by molar-refractivity contribution is 7.86. The summed E-state index contributed by atoms with van der Waals surface area (Å²) >= 11 is 5.31. The lowest BCUT2D eigenvalue weighted by Gasteiger charge is -1.91. The van der Waals surface area contributed by atoms with Crippen molar-refractivity contribution in [3.05, 3.63) is 18.5 Å². The van der Waals surface area contributed by atoms with Crippen LogP contribution in [-0.2, 0) is 10.8 Å². The van der Waals surface area contributed by atoms with E-state index in [-0.39, 0.29) is 10.4 Å². The molecule has 54 valence electrons. The van der Waals surface area contributed by atoms with Gasteiger partial charge in [0, 0.05) is 12.4 Å². The maximum atomic E-state index is 10.9. The molecule has 0 spiro atoms. The quantitative estimate of drug-likeness (QED) is 0.494. The number of rotatable bonds is 2. The van der Waals surface area contributed by atoms with Crippen molar-refractivity contribution in [1.29, 1.82) is 0 Å². The Balaban J connectivity index is 2.85. The molecular weight excluding hydrogens is 172 g/mol. The highest BCUT2D eigenvalue weighted by Crippen LogP contribution is 1.97. The lowest BCUT2D eigenvalue weighted by atomic mass is 10.7. The van der Waals surface area contributed by atoms with Crippen LogP contribution in [0.15, 0.2) is 23.6 Å². The molecule has 1 aromatic rings. The second-order valence-corrected chi connectivity index (χ2v) is 3.42. The van der Waals surface area contributed by atoms with Gasteiger partial charge in [-0.2, -0.15) is 0 Å². The normalized spacial score (nSPS) is 12.9. The zero-order valence-corrected chi connectivity index (χ0v) is 6.60. The third-order valence-electron chi connectivity index (χ3n) is 0.845. The zero-order valence-electron chi connectivity index (χ0n) is 5.03. The van der Waals surface area contributed by atoms with E-state index in [1.807, 2.05) is 0 Å². The van der Waals surface area contributed by atoms with Crippen LogP contribution in [-0.4, -0.2) is 19.4 Å². The minimum atomic E-state index is -1.25. The van der Waals surface area contributed by atoms with Gasteiger partial charge in [0.25, 0.3) is 0 Å². The molecule has 1 unspecified atom stereocenters. The number of aromatic nitrogens is 2. The number of hydrogen-bond acceptors (Lipinski definition) is 3. The summed E-state index contributed by atoms with van der Waals surface area (Å²) in [6.07, 6.45) is 3.07. The second-order valence-electron chi connectivity index (χ2n) is 1.49. The lowest BCUT2D eigenvalue weighted by molar-refractivity contribution is 0.678. The van der Waals surface area contributed by atoms with Gasteiger partial charge in [0.1, 0.15) is 16.0 Å². The molecule has 0 saturated carbocycles. The Bertz CT molecular complexity index is 228. The summed E-state index contributed by atoms with van der Waals surface area (Å²) in [7, 11) is -1.25. The van der Waals surface area contributed by atoms with Gasteiger partial charge in [-0.25, -0.2) is 14.2 Å². The molecule has 1 rings (SSSR count). The van der Waals surface area contributed by atoms with E-state index in [9.17, 15) is 4.21 Å². The molecular formula is C5H5ClN2OS. The smallest absolute Gasteiger partial charge is 0.219 e. The molecule has 0 aromatic carbocycles. The van der Waals surface area contributed by atoms with Gasteiger partial charge < -0.3 is 0 Å². The van der Waals surface area contributed by atoms with Crippen molar-refractivity contribution < 1.29 is 4.21 Å². The molecule has 0 N–H and O–H groups in total. The number of halogens is 1. The largest absolute Gasteiger partial charge is 0.250 e. The van der Waals surface area contributed by atoms with Gasteiger partial charge in [0.2, 0.25) is 5.16 Å². The van der Waals surface area contributed by atoms with Crippen LogP contribution in [0, 0.1) is 0 Å². The van der Waals surface area contributed by atoms with Crippen molar-refractivity contribution in [2.75, 3.05) is 5.21 Å². The summed E-state index contributed by atoms with van der Waals surface area (Å²) in [5.74, 6) is 0. The van der Waals surface area contributed by atoms with Gasteiger partial charge in [-0.15, -0.1) is 11.6 Å². The van der Waals surface area contributed by atoms with Crippen LogP contribution in [0.3, 0.4) is 0 Å². The summed E-state index contributed by atoms with van der Waals surface area (Å²) < 4.78 is 10.9. The van der Waals surface area contributed by atoms with Crippen molar-refractivity contribution in [2.45, 2.75) is 5.16 Å². The predicted molar refractivity (Wildman–Crippen MR) is 39.2 cm³/mol. The highest BCUT2D eigenvalue weighted by atomic mass is 35.5. The van der Waals surface area contributed by atoms with Crippen molar-refractivity contribution in [1.82, 2.24) is 9.97 Å². The fraction of sp³-hybridized carbons (Fsp3) is 0.200. The molecule has 0 aliphatic rings. The fourth-order valence-electron chi connectivity index (χ4n) is 0.452. The molecule has 1 aromatic heterocycles. The third kappa shape index (κ3) is 1.75. The van der Waals surface area contributed by atoms with E-state index >= 15 is 0 Å². The van der Waals surface area contributed by atoms with Gasteiger partial charge in [0.15, 0.2) is 0 Å². The van der Waals surface area contributed by atoms with Gasteiger partial charge in [-0.3, -0.25) is 0 Å². The Morgan fingerprint density at radius 1 is 1.50 bits per heavy atom. The first kappa shape index (κ1) is 7.63. The summed E-state index contributed by atoms with van der Waals surface area (Å²) in [5, 5.41) is 0.335. The minimum Gasteiger partial charge on any atom is -0.250 e. The molecule has 0 amide bonds. The van der Waals surface area contributed by atoms with E-state index in [4.69, 9.17) is 11.6 Å². The Labute approximate surface area is 65.9 Å². The Morgan fingerprint density at radius 2 is 2.10 bits per heavy atom. The van der Waals surface area contributed by atoms with Crippen LogP contribution in [0.2, 0.25) is 0 Å². The highest BCUT2D eigenvalue weighted by Gasteiger charge is 2.01. The molecule has 5 heteroatoms. The molecule has 0 saturated heterocycles. The number of hydrogen-bond donors (Lipinski definition) is 0. The van der Waals surface area contributed by atoms with Crippen LogP contribution >= 0.6 is 11.6 Å². The van der Waals surface area contributed by atoms with Crippen LogP contribution in [0.5, 0.6) is 0 Å². The average Bonchev–Trinajstić information content (AvgIpc) is 2.05. The third-order valence-corrected chi connectivity index (χ3v) is 2.26. The van der Waals surface area contributed by atoms with Gasteiger partial charge in [0.05, 0.1) is 0 Å². The van der Waals surface area contributed by atoms with Crippen molar-refractivity contribution in [3.63, 3.8) is 0 Å². The van der Waals surface area contributed by atoms with Crippen molar-refractivity contribution >= 4 is 22.4 Å². The van der Waals surface area contributed by atoms with E-state index in [2.05, 4.69) is 9.97 Å². The van der Waals surface area contributed by atoms with Gasteiger partial charge >= 0.3 is 0 Å². The lowest BCUT2D eigenvalue weighted by Crippen LogP contribution is -1.97. The minimum absolute atomic E-state index is 0.0456. The first-order chi connectivity index (χ1) is 4.84. The second kappa shape index (κ2) is 3.63. The number of nitrogens with zero attached hydrogens (tertiary/aromatic N) is 2. The van der Waals surface area contributed by atoms with E-state index in [1.54, 1.807) is 6.07 Å². The van der Waals surface area contributed by atoms with E-state index in [0.29, 0.717) is 0 Å². The maximum absolute atomic E-state index is 10.9. The molecule has 0 radical (unpaired) electrons. The monoisotopic (exact) mass is 176 g/mol. The van der Waals surface area contributed by atoms with Crippen molar-refractivity contribution in [2.24, 2.45) is 0 Å². The Morgan fingerprint density at radius 3 is 2.60 bits per heavy atom. The summed E-state index contributed by atoms with van der Waals surface area (Å²) in [6, 6.07) is 1.66. The maximum Gasteiger partial charge on any atom is 0.219 e. The first-order valence-corrected chi connectivity index (χ1v) is 4.41. The molecule has 0 aliphatic carbocycles. The van der Waals surface area contributed by atoms with Crippen LogP contribution in [0.25, 0.3) is 0 Å². The SMILES string of the molecule is O=S(CCl)c1ncccn1. The van der Waals surface area contributed by atoms with E-state index in [1.165, 1.54) is 12.4 Å². The molecule has 0 bridgehead atoms. The Kier molecular flexibility index (Phi) is 2.77. The molecule has 0 fully saturated rings. The molecule has 3 nitrogen and oxygen atoms in total. The van der Waals surface area contributed by atoms with E-state index in [0.717, 1.165) is 0 Å². The standard InChI is InChI=1S/C5H5ClN2OS/c6-4-10(9)5-7-2-1-3-8-5/h1-3H,4H2. The molecule has 1 heterocycles. The Hall–Kier alpha value is -0.480. The van der Waals surface area contributed by atoms with Crippen LogP contribution in [0.4, 0.5) is 0 Å². The fourth-order valence-corrected chi connectivity index (χ4v) is 1.20. The van der Waals surface area contributed by atoms with Crippen LogP contribution < -0.4 is 0 Å². The first-order valence-electron chi connectivity index (χ1n) is 2.56. The van der Waals surface area contributed by atoms with Gasteiger partial charge in [-0.05, 0) is 6.07 Å². The number of alkyl halides is 1. The average molecular weight is 177 g/mol. The summed E-state index contributed by atoms with van der Waals surface area (Å²) in [6.45, 7) is 0. The zero-order chi connectivity index (χ0) is 7.40. The van der Waals surface area contributed by atoms with E-state index < -0.39 is 10.8 Å². The summed E-state index contributed by atoms with van der Waals surface area (Å²) in [5.41, 5.74) is 0. The summed E-state index contributed by atoms with van der Waals surface area (Å²) in [4.78, 5) is 7.51. The predicted octanol–water partition coefficient (Wildman–Crippen LogP) is 0.780. The molecule has 1 atom stereocenters. The topological polar surface area (TPSA) is 42.9 Å². The molecule has 0 aliphatic heterocycles. The molecule has 10 heavy (non-hydrogen) atoms. The van der Waals surface area contributed by atoms with Crippen molar-refractivity contribution in [3.8, 4) is 0 Å². The van der Waals surface area contributed by atoms with Crippen LogP contribution in [0.1, 0.15) is 0 Å². The van der Waals surface area contributed by atoms with Gasteiger partial charge in [-0.1, -0.05) is 0 Å².